The van der Waals surface area contributed by atoms with Gasteiger partial charge in [-0.1, -0.05) is 18.2 Å². The molecule has 8 heteroatoms. The Balaban J connectivity index is 1.47. The molecule has 0 aliphatic heterocycles. The Morgan fingerprint density at radius 3 is 2.18 bits per heavy atom. The first-order valence-corrected chi connectivity index (χ1v) is 12.0. The number of carbonyl (C=O) groups excluding carboxylic acids is 1. The number of ether oxygens (including phenoxy) is 2. The maximum Gasteiger partial charge on any atom is 0.261 e. The minimum atomic E-state index is -3.73. The van der Waals surface area contributed by atoms with Gasteiger partial charge in [-0.25, -0.2) is 8.42 Å². The van der Waals surface area contributed by atoms with Crippen LogP contribution in [0.2, 0.25) is 0 Å². The van der Waals surface area contributed by atoms with Gasteiger partial charge in [-0.15, -0.1) is 0 Å². The molecule has 3 rings (SSSR count). The van der Waals surface area contributed by atoms with Gasteiger partial charge in [0.1, 0.15) is 11.5 Å². The first kappa shape index (κ1) is 24.1. The van der Waals surface area contributed by atoms with Crippen molar-refractivity contribution in [3.63, 3.8) is 0 Å². The maximum atomic E-state index is 12.6. The molecule has 0 spiro atoms. The molecule has 0 aliphatic rings. The zero-order valence-corrected chi connectivity index (χ0v) is 19.7. The van der Waals surface area contributed by atoms with E-state index in [2.05, 4.69) is 10.0 Å². The van der Waals surface area contributed by atoms with E-state index in [0.717, 1.165) is 22.4 Å². The van der Waals surface area contributed by atoms with Gasteiger partial charge in [0, 0.05) is 12.2 Å². The average molecular weight is 469 g/mol. The molecule has 3 aromatic rings. The van der Waals surface area contributed by atoms with E-state index in [0.29, 0.717) is 24.4 Å². The van der Waals surface area contributed by atoms with Crippen LogP contribution in [0.5, 0.6) is 11.5 Å². The Labute approximate surface area is 194 Å². The smallest absolute Gasteiger partial charge is 0.261 e. The van der Waals surface area contributed by atoms with Gasteiger partial charge in [-0.2, -0.15) is 0 Å². The first-order valence-electron chi connectivity index (χ1n) is 10.5. The van der Waals surface area contributed by atoms with Crippen molar-refractivity contribution in [1.29, 1.82) is 0 Å². The highest BCUT2D eigenvalue weighted by molar-refractivity contribution is 7.92. The second-order valence-electron chi connectivity index (χ2n) is 7.61. The summed E-state index contributed by atoms with van der Waals surface area (Å²) in [7, 11) is -2.11. The van der Waals surface area contributed by atoms with E-state index >= 15 is 0 Å². The number of hydrogen-bond donors (Lipinski definition) is 2. The van der Waals surface area contributed by atoms with Crippen LogP contribution in [0.4, 0.5) is 5.69 Å². The summed E-state index contributed by atoms with van der Waals surface area (Å²) in [6, 6.07) is 19.0. The number of carbonyl (C=O) groups is 1. The Morgan fingerprint density at radius 1 is 0.879 bits per heavy atom. The van der Waals surface area contributed by atoms with Crippen LogP contribution in [0.15, 0.2) is 71.6 Å². The van der Waals surface area contributed by atoms with Crippen LogP contribution < -0.4 is 19.5 Å². The number of sulfonamides is 1. The van der Waals surface area contributed by atoms with Crippen LogP contribution in [0.3, 0.4) is 0 Å². The van der Waals surface area contributed by atoms with Crippen molar-refractivity contribution < 1.29 is 22.7 Å². The summed E-state index contributed by atoms with van der Waals surface area (Å²) in [5.41, 5.74) is 3.68. The third-order valence-corrected chi connectivity index (χ3v) is 6.56. The van der Waals surface area contributed by atoms with E-state index in [4.69, 9.17) is 9.47 Å². The fourth-order valence-corrected chi connectivity index (χ4v) is 4.12. The molecule has 2 N–H and O–H groups in total. The molecule has 0 bridgehead atoms. The quantitative estimate of drug-likeness (QED) is 0.471. The van der Waals surface area contributed by atoms with Gasteiger partial charge in [-0.3, -0.25) is 9.52 Å². The topological polar surface area (TPSA) is 93.7 Å². The summed E-state index contributed by atoms with van der Waals surface area (Å²) in [6.45, 7) is 4.22. The number of amides is 1. The molecule has 0 unspecified atom stereocenters. The van der Waals surface area contributed by atoms with E-state index in [1.165, 1.54) is 24.3 Å². The number of methoxy groups -OCH3 is 1. The Hall–Kier alpha value is -3.52. The Kier molecular flexibility index (Phi) is 7.95. The molecule has 0 aliphatic carbocycles. The SMILES string of the molecule is COc1ccc(CCNC(=O)COc2ccc(S(=O)(=O)Nc3ccc(C)c(C)c3)cc2)cc1. The number of hydrogen-bond acceptors (Lipinski definition) is 5. The van der Waals surface area contributed by atoms with Crippen LogP contribution in [-0.2, 0) is 21.2 Å². The van der Waals surface area contributed by atoms with E-state index in [1.807, 2.05) is 44.2 Å². The van der Waals surface area contributed by atoms with Gasteiger partial charge in [0.15, 0.2) is 6.61 Å². The minimum absolute atomic E-state index is 0.108. The van der Waals surface area contributed by atoms with Crippen LogP contribution in [0.1, 0.15) is 16.7 Å². The fourth-order valence-electron chi connectivity index (χ4n) is 3.07. The third kappa shape index (κ3) is 6.98. The van der Waals surface area contributed by atoms with E-state index < -0.39 is 10.0 Å². The molecule has 0 atom stereocenters. The van der Waals surface area contributed by atoms with Gasteiger partial charge >= 0.3 is 0 Å². The normalized spacial score (nSPS) is 11.0. The van der Waals surface area contributed by atoms with Crippen molar-refractivity contribution in [2.45, 2.75) is 25.2 Å². The van der Waals surface area contributed by atoms with Crippen LogP contribution in [-0.4, -0.2) is 34.6 Å². The highest BCUT2D eigenvalue weighted by atomic mass is 32.2. The molecular weight excluding hydrogens is 440 g/mol. The predicted molar refractivity (Wildman–Crippen MR) is 128 cm³/mol. The molecule has 0 radical (unpaired) electrons. The highest BCUT2D eigenvalue weighted by Crippen LogP contribution is 2.21. The number of nitrogens with one attached hydrogen (secondary N) is 2. The zero-order valence-electron chi connectivity index (χ0n) is 18.9. The second kappa shape index (κ2) is 10.9. The number of benzene rings is 3. The van der Waals surface area contributed by atoms with Gasteiger partial charge in [0.25, 0.3) is 15.9 Å². The second-order valence-corrected chi connectivity index (χ2v) is 9.30. The highest BCUT2D eigenvalue weighted by Gasteiger charge is 2.15. The van der Waals surface area contributed by atoms with Crippen molar-refractivity contribution in [2.75, 3.05) is 25.0 Å². The Bertz CT molecular complexity index is 1190. The standard InChI is InChI=1S/C25H28N2O5S/c1-18-4-7-21(16-19(18)2)27-33(29,30)24-12-10-23(11-13-24)32-17-25(28)26-15-14-20-5-8-22(31-3)9-6-20/h4-13,16,27H,14-15,17H2,1-3H3,(H,26,28). The molecule has 33 heavy (non-hydrogen) atoms. The van der Waals surface area contributed by atoms with Gasteiger partial charge in [0.05, 0.1) is 12.0 Å². The molecule has 7 nitrogen and oxygen atoms in total. The van der Waals surface area contributed by atoms with E-state index in [9.17, 15) is 13.2 Å². The lowest BCUT2D eigenvalue weighted by Gasteiger charge is -2.11. The summed E-state index contributed by atoms with van der Waals surface area (Å²) in [5.74, 6) is 0.943. The van der Waals surface area contributed by atoms with Gasteiger partial charge in [0.2, 0.25) is 0 Å². The zero-order chi connectivity index (χ0) is 23.8. The lowest BCUT2D eigenvalue weighted by atomic mass is 10.1. The predicted octanol–water partition coefficient (Wildman–Crippen LogP) is 3.85. The molecule has 0 saturated heterocycles. The Morgan fingerprint density at radius 2 is 1.55 bits per heavy atom. The molecule has 0 heterocycles. The number of aryl methyl sites for hydroxylation is 2. The monoisotopic (exact) mass is 468 g/mol. The minimum Gasteiger partial charge on any atom is -0.497 e. The summed E-state index contributed by atoms with van der Waals surface area (Å²) in [6.07, 6.45) is 0.690. The molecule has 1 amide bonds. The van der Waals surface area contributed by atoms with Crippen LogP contribution in [0, 0.1) is 13.8 Å². The maximum absolute atomic E-state index is 12.6. The molecule has 0 fully saturated rings. The molecular formula is C25H28N2O5S. The van der Waals surface area contributed by atoms with Crippen LogP contribution in [0.25, 0.3) is 0 Å². The van der Waals surface area contributed by atoms with Crippen LogP contribution >= 0.6 is 0 Å². The summed E-state index contributed by atoms with van der Waals surface area (Å²) < 4.78 is 38.4. The summed E-state index contributed by atoms with van der Waals surface area (Å²) in [5, 5.41) is 2.80. The average Bonchev–Trinajstić information content (AvgIpc) is 2.80. The van der Waals surface area contributed by atoms with Gasteiger partial charge < -0.3 is 14.8 Å². The number of anilines is 1. The largest absolute Gasteiger partial charge is 0.497 e. The molecule has 174 valence electrons. The molecule has 3 aromatic carbocycles. The van der Waals surface area contributed by atoms with Crippen molar-refractivity contribution in [3.05, 3.63) is 83.4 Å². The van der Waals surface area contributed by atoms with E-state index in [-0.39, 0.29) is 17.4 Å². The van der Waals surface area contributed by atoms with Crippen molar-refractivity contribution >= 4 is 21.6 Å². The lowest BCUT2D eigenvalue weighted by molar-refractivity contribution is -0.123. The molecule has 0 saturated carbocycles. The van der Waals surface area contributed by atoms with Crippen molar-refractivity contribution in [2.24, 2.45) is 0 Å². The summed E-state index contributed by atoms with van der Waals surface area (Å²) in [4.78, 5) is 12.1. The van der Waals surface area contributed by atoms with Crippen molar-refractivity contribution in [1.82, 2.24) is 5.32 Å². The van der Waals surface area contributed by atoms with E-state index in [1.54, 1.807) is 19.2 Å². The lowest BCUT2D eigenvalue weighted by Crippen LogP contribution is -2.30. The van der Waals surface area contributed by atoms with Crippen molar-refractivity contribution in [3.8, 4) is 11.5 Å². The fraction of sp³-hybridized carbons (Fsp3) is 0.240. The van der Waals surface area contributed by atoms with Gasteiger partial charge in [-0.05, 0) is 85.5 Å². The third-order valence-electron chi connectivity index (χ3n) is 5.16. The molecule has 0 aromatic heterocycles. The summed E-state index contributed by atoms with van der Waals surface area (Å²) >= 11 is 0. The first-order chi connectivity index (χ1) is 15.8. The number of rotatable bonds is 10.